The SMILES string of the molecule is O=C([C@H](Cc1ccccc1)N(Cc1ccc(-c2ccccn2)cc1)C(=O)/C=C/c1ccc(F)cc1)N1CCN(Cc2ccccc2)CC1. The molecule has 0 bridgehead atoms. The summed E-state index contributed by atoms with van der Waals surface area (Å²) in [5, 5.41) is 0. The summed E-state index contributed by atoms with van der Waals surface area (Å²) >= 11 is 0. The molecule has 6 rings (SSSR count). The molecule has 0 aliphatic carbocycles. The Labute approximate surface area is 281 Å². The molecule has 4 aromatic carbocycles. The number of carbonyl (C=O) groups is 2. The molecule has 6 nitrogen and oxygen atoms in total. The van der Waals surface area contributed by atoms with Crippen LogP contribution in [-0.2, 0) is 29.1 Å². The van der Waals surface area contributed by atoms with Crippen molar-refractivity contribution in [2.45, 2.75) is 25.6 Å². The fourth-order valence-electron chi connectivity index (χ4n) is 6.04. The van der Waals surface area contributed by atoms with Gasteiger partial charge in [0.25, 0.3) is 0 Å². The second kappa shape index (κ2) is 15.9. The van der Waals surface area contributed by atoms with E-state index < -0.39 is 6.04 Å². The number of rotatable bonds is 11. The van der Waals surface area contributed by atoms with Crippen molar-refractivity contribution >= 4 is 17.9 Å². The maximum Gasteiger partial charge on any atom is 0.247 e. The van der Waals surface area contributed by atoms with E-state index in [9.17, 15) is 14.0 Å². The number of amides is 2. The Morgan fingerprint density at radius 2 is 1.38 bits per heavy atom. The Kier molecular flexibility index (Phi) is 10.8. The largest absolute Gasteiger partial charge is 0.338 e. The van der Waals surface area contributed by atoms with Crippen LogP contribution in [0.1, 0.15) is 22.3 Å². The molecule has 1 aliphatic rings. The first-order valence-electron chi connectivity index (χ1n) is 16.4. The molecule has 5 aromatic rings. The van der Waals surface area contributed by atoms with Crippen LogP contribution in [0.2, 0.25) is 0 Å². The Hall–Kier alpha value is -5.40. The summed E-state index contributed by atoms with van der Waals surface area (Å²) in [7, 11) is 0. The highest BCUT2D eigenvalue weighted by Crippen LogP contribution is 2.22. The molecule has 1 aliphatic heterocycles. The lowest BCUT2D eigenvalue weighted by molar-refractivity contribution is -0.145. The number of halogens is 1. The van der Waals surface area contributed by atoms with E-state index >= 15 is 0 Å². The summed E-state index contributed by atoms with van der Waals surface area (Å²) in [6, 6.07) is 39.2. The van der Waals surface area contributed by atoms with Gasteiger partial charge < -0.3 is 9.80 Å². The molecule has 2 amide bonds. The second-order valence-corrected chi connectivity index (χ2v) is 12.1. The van der Waals surface area contributed by atoms with Gasteiger partial charge in [0.15, 0.2) is 0 Å². The molecule has 1 aromatic heterocycles. The standard InChI is InChI=1S/C41H39FN4O2/c42-37-21-16-32(17-22-37)18-23-40(47)46(31-35-14-19-36(20-15-35)38-13-7-8-24-43-38)39(29-33-9-3-1-4-10-33)41(48)45-27-25-44(26-28-45)30-34-11-5-2-6-12-34/h1-24,39H,25-31H2/b23-18+/t39-/m0/s1. The highest BCUT2D eigenvalue weighted by Gasteiger charge is 2.34. The smallest absolute Gasteiger partial charge is 0.247 e. The summed E-state index contributed by atoms with van der Waals surface area (Å²) in [4.78, 5) is 39.0. The maximum atomic E-state index is 14.5. The molecule has 1 saturated heterocycles. The van der Waals surface area contributed by atoms with E-state index in [0.717, 1.165) is 42.0 Å². The van der Waals surface area contributed by atoms with E-state index in [4.69, 9.17) is 0 Å². The summed E-state index contributed by atoms with van der Waals surface area (Å²) < 4.78 is 13.6. The number of hydrogen-bond acceptors (Lipinski definition) is 4. The van der Waals surface area contributed by atoms with E-state index in [0.29, 0.717) is 25.1 Å². The zero-order valence-corrected chi connectivity index (χ0v) is 26.9. The summed E-state index contributed by atoms with van der Waals surface area (Å²) in [6.45, 7) is 3.76. The molecule has 48 heavy (non-hydrogen) atoms. The summed E-state index contributed by atoms with van der Waals surface area (Å²) in [6.07, 6.45) is 5.30. The van der Waals surface area contributed by atoms with Gasteiger partial charge in [-0.15, -0.1) is 0 Å². The fourth-order valence-corrected chi connectivity index (χ4v) is 6.04. The van der Waals surface area contributed by atoms with E-state index in [2.05, 4.69) is 22.0 Å². The number of pyridine rings is 1. The molecule has 1 atom stereocenters. The van der Waals surface area contributed by atoms with E-state index in [1.807, 2.05) is 95.9 Å². The Morgan fingerprint density at radius 1 is 0.729 bits per heavy atom. The topological polar surface area (TPSA) is 56.8 Å². The Balaban J connectivity index is 1.27. The normalized spacial score (nSPS) is 14.1. The van der Waals surface area contributed by atoms with Crippen molar-refractivity contribution in [3.63, 3.8) is 0 Å². The monoisotopic (exact) mass is 638 g/mol. The molecule has 1 fully saturated rings. The third-order valence-corrected chi connectivity index (χ3v) is 8.71. The van der Waals surface area contributed by atoms with Crippen LogP contribution >= 0.6 is 0 Å². The van der Waals surface area contributed by atoms with Gasteiger partial charge >= 0.3 is 0 Å². The van der Waals surface area contributed by atoms with Crippen LogP contribution < -0.4 is 0 Å². The van der Waals surface area contributed by atoms with Gasteiger partial charge in [-0.05, 0) is 52.6 Å². The summed E-state index contributed by atoms with van der Waals surface area (Å²) in [5.41, 5.74) is 5.66. The number of nitrogens with zero attached hydrogens (tertiary/aromatic N) is 4. The molecule has 0 radical (unpaired) electrons. The molecule has 0 saturated carbocycles. The lowest BCUT2D eigenvalue weighted by atomic mass is 10.0. The van der Waals surface area contributed by atoms with Crippen LogP contribution in [0.25, 0.3) is 17.3 Å². The number of aromatic nitrogens is 1. The molecule has 2 heterocycles. The third kappa shape index (κ3) is 8.69. The Bertz CT molecular complexity index is 1790. The van der Waals surface area contributed by atoms with Crippen LogP contribution in [0.3, 0.4) is 0 Å². The van der Waals surface area contributed by atoms with Crippen molar-refractivity contribution in [3.8, 4) is 11.3 Å². The maximum absolute atomic E-state index is 14.5. The molecular formula is C41H39FN4O2. The molecule has 242 valence electrons. The zero-order chi connectivity index (χ0) is 33.1. The van der Waals surface area contributed by atoms with Gasteiger partial charge in [0.2, 0.25) is 11.8 Å². The lowest BCUT2D eigenvalue weighted by Crippen LogP contribution is -2.56. The van der Waals surface area contributed by atoms with Crippen LogP contribution in [0.5, 0.6) is 0 Å². The van der Waals surface area contributed by atoms with Crippen LogP contribution in [0.15, 0.2) is 140 Å². The third-order valence-electron chi connectivity index (χ3n) is 8.71. The van der Waals surface area contributed by atoms with E-state index in [1.165, 1.54) is 23.8 Å². The fraction of sp³-hybridized carbons (Fsp3) is 0.195. The highest BCUT2D eigenvalue weighted by molar-refractivity contribution is 5.95. The average Bonchev–Trinajstić information content (AvgIpc) is 3.14. The lowest BCUT2D eigenvalue weighted by Gasteiger charge is -2.39. The molecular weight excluding hydrogens is 599 g/mol. The Morgan fingerprint density at radius 3 is 2.02 bits per heavy atom. The molecule has 7 heteroatoms. The van der Waals surface area contributed by atoms with Crippen molar-refractivity contribution in [3.05, 3.63) is 168 Å². The minimum absolute atomic E-state index is 0.0631. The van der Waals surface area contributed by atoms with Gasteiger partial charge in [-0.2, -0.15) is 0 Å². The quantitative estimate of drug-likeness (QED) is 0.148. The first-order valence-corrected chi connectivity index (χ1v) is 16.4. The number of benzene rings is 4. The van der Waals surface area contributed by atoms with Crippen molar-refractivity contribution in [2.24, 2.45) is 0 Å². The highest BCUT2D eigenvalue weighted by atomic mass is 19.1. The molecule has 0 unspecified atom stereocenters. The van der Waals surface area contributed by atoms with Crippen LogP contribution in [0.4, 0.5) is 4.39 Å². The summed E-state index contributed by atoms with van der Waals surface area (Å²) in [5.74, 6) is -0.691. The number of piperazine rings is 1. The second-order valence-electron chi connectivity index (χ2n) is 12.1. The van der Waals surface area contributed by atoms with Gasteiger partial charge in [0.05, 0.1) is 5.69 Å². The van der Waals surface area contributed by atoms with Gasteiger partial charge in [0.1, 0.15) is 11.9 Å². The van der Waals surface area contributed by atoms with Crippen molar-refractivity contribution in [2.75, 3.05) is 26.2 Å². The number of hydrogen-bond donors (Lipinski definition) is 0. The first kappa shape index (κ1) is 32.5. The van der Waals surface area contributed by atoms with Crippen LogP contribution in [0, 0.1) is 5.82 Å². The average molecular weight is 639 g/mol. The predicted octanol–water partition coefficient (Wildman–Crippen LogP) is 6.89. The minimum Gasteiger partial charge on any atom is -0.338 e. The van der Waals surface area contributed by atoms with Crippen LogP contribution in [-0.4, -0.2) is 63.7 Å². The van der Waals surface area contributed by atoms with E-state index in [-0.39, 0.29) is 24.2 Å². The molecule has 0 spiro atoms. The van der Waals surface area contributed by atoms with Gasteiger partial charge in [-0.3, -0.25) is 19.5 Å². The van der Waals surface area contributed by atoms with Crippen molar-refractivity contribution < 1.29 is 14.0 Å². The van der Waals surface area contributed by atoms with E-state index in [1.54, 1.807) is 29.3 Å². The first-order chi connectivity index (χ1) is 23.5. The zero-order valence-electron chi connectivity index (χ0n) is 26.9. The van der Waals surface area contributed by atoms with Gasteiger partial charge in [0, 0.05) is 63.5 Å². The number of carbonyl (C=O) groups excluding carboxylic acids is 2. The van der Waals surface area contributed by atoms with Gasteiger partial charge in [-0.25, -0.2) is 4.39 Å². The molecule has 0 N–H and O–H groups in total. The van der Waals surface area contributed by atoms with Crippen molar-refractivity contribution in [1.29, 1.82) is 0 Å². The minimum atomic E-state index is -0.728. The van der Waals surface area contributed by atoms with Crippen molar-refractivity contribution in [1.82, 2.24) is 19.7 Å². The van der Waals surface area contributed by atoms with Gasteiger partial charge in [-0.1, -0.05) is 103 Å². The predicted molar refractivity (Wildman–Crippen MR) is 188 cm³/mol.